The van der Waals surface area contributed by atoms with Gasteiger partial charge in [0.1, 0.15) is 11.5 Å². The molecule has 25 heavy (non-hydrogen) atoms. The van der Waals surface area contributed by atoms with Crippen LogP contribution >= 0.6 is 11.8 Å². The van der Waals surface area contributed by atoms with Gasteiger partial charge in [0, 0.05) is 23.1 Å². The van der Waals surface area contributed by atoms with E-state index in [-0.39, 0.29) is 5.56 Å². The van der Waals surface area contributed by atoms with Crippen LogP contribution in [0.2, 0.25) is 0 Å². The van der Waals surface area contributed by atoms with E-state index in [1.807, 2.05) is 38.1 Å². The molecule has 3 rings (SSSR count). The summed E-state index contributed by atoms with van der Waals surface area (Å²) in [5.41, 5.74) is 2.27. The summed E-state index contributed by atoms with van der Waals surface area (Å²) < 4.78 is 11.2. The van der Waals surface area contributed by atoms with Gasteiger partial charge in [-0.1, -0.05) is 11.8 Å². The van der Waals surface area contributed by atoms with Crippen LogP contribution in [0.4, 0.5) is 0 Å². The van der Waals surface area contributed by atoms with E-state index in [9.17, 15) is 4.79 Å². The van der Waals surface area contributed by atoms with Crippen molar-refractivity contribution in [2.75, 3.05) is 6.61 Å². The largest absolute Gasteiger partial charge is 0.494 e. The van der Waals surface area contributed by atoms with Gasteiger partial charge in [-0.25, -0.2) is 9.97 Å². The molecule has 0 atom stereocenters. The fourth-order valence-corrected chi connectivity index (χ4v) is 3.23. The summed E-state index contributed by atoms with van der Waals surface area (Å²) in [6.07, 6.45) is 0. The molecule has 1 N–H and O–H groups in total. The first-order valence-electron chi connectivity index (χ1n) is 7.95. The molecule has 2 heterocycles. The maximum atomic E-state index is 11.5. The van der Waals surface area contributed by atoms with E-state index in [0.29, 0.717) is 29.1 Å². The second kappa shape index (κ2) is 7.57. The van der Waals surface area contributed by atoms with Gasteiger partial charge < -0.3 is 14.1 Å². The summed E-state index contributed by atoms with van der Waals surface area (Å²) in [7, 11) is 0. The molecule has 0 bridgehead atoms. The van der Waals surface area contributed by atoms with Crippen LogP contribution in [0.25, 0.3) is 11.5 Å². The lowest BCUT2D eigenvalue weighted by Crippen LogP contribution is -2.08. The summed E-state index contributed by atoms with van der Waals surface area (Å²) in [4.78, 5) is 23.1. The Balaban J connectivity index is 1.74. The number of nitrogens with one attached hydrogen (secondary N) is 1. The minimum atomic E-state index is -0.151. The van der Waals surface area contributed by atoms with E-state index in [1.54, 1.807) is 6.92 Å². The Morgan fingerprint density at radius 1 is 1.20 bits per heavy atom. The third-order valence-electron chi connectivity index (χ3n) is 3.50. The molecule has 1 aromatic carbocycles. The van der Waals surface area contributed by atoms with Crippen molar-refractivity contribution >= 4 is 11.8 Å². The molecule has 0 fully saturated rings. The average molecular weight is 357 g/mol. The summed E-state index contributed by atoms with van der Waals surface area (Å²) in [5, 5.41) is 0.579. The highest BCUT2D eigenvalue weighted by atomic mass is 32.2. The molecule has 7 heteroatoms. The molecule has 0 saturated carbocycles. The summed E-state index contributed by atoms with van der Waals surface area (Å²) in [6, 6.07) is 9.11. The number of oxazole rings is 1. The molecule has 0 aliphatic carbocycles. The van der Waals surface area contributed by atoms with E-state index in [0.717, 1.165) is 22.8 Å². The van der Waals surface area contributed by atoms with Gasteiger partial charge in [-0.3, -0.25) is 4.79 Å². The van der Waals surface area contributed by atoms with Crippen molar-refractivity contribution in [2.45, 2.75) is 31.7 Å². The smallest absolute Gasteiger partial charge is 0.251 e. The zero-order valence-corrected chi connectivity index (χ0v) is 15.1. The lowest BCUT2D eigenvalue weighted by molar-refractivity contribution is 0.340. The van der Waals surface area contributed by atoms with E-state index >= 15 is 0 Å². The number of nitrogens with zero attached hydrogens (tertiary/aromatic N) is 2. The van der Waals surface area contributed by atoms with E-state index in [4.69, 9.17) is 9.15 Å². The van der Waals surface area contributed by atoms with Crippen LogP contribution < -0.4 is 10.3 Å². The summed E-state index contributed by atoms with van der Waals surface area (Å²) >= 11 is 1.42. The number of rotatable bonds is 6. The third-order valence-corrected chi connectivity index (χ3v) is 4.38. The molecular weight excluding hydrogens is 338 g/mol. The molecule has 6 nitrogen and oxygen atoms in total. The molecule has 3 aromatic rings. The van der Waals surface area contributed by atoms with Crippen molar-refractivity contribution in [1.82, 2.24) is 15.0 Å². The van der Waals surface area contributed by atoms with Gasteiger partial charge in [-0.2, -0.15) is 0 Å². The van der Waals surface area contributed by atoms with Crippen molar-refractivity contribution in [3.8, 4) is 17.2 Å². The molecule has 2 aromatic heterocycles. The van der Waals surface area contributed by atoms with Crippen LogP contribution in [0.3, 0.4) is 0 Å². The number of H-pyrrole nitrogens is 1. The normalized spacial score (nSPS) is 10.8. The first-order valence-corrected chi connectivity index (χ1v) is 8.94. The number of hydrogen-bond acceptors (Lipinski definition) is 6. The molecule has 0 spiro atoms. The van der Waals surface area contributed by atoms with Crippen molar-refractivity contribution in [1.29, 1.82) is 0 Å². The van der Waals surface area contributed by atoms with Crippen LogP contribution in [0, 0.1) is 13.8 Å². The highest BCUT2D eigenvalue weighted by molar-refractivity contribution is 7.98. The first kappa shape index (κ1) is 17.3. The Morgan fingerprint density at radius 2 is 1.96 bits per heavy atom. The second-order valence-corrected chi connectivity index (χ2v) is 6.42. The van der Waals surface area contributed by atoms with Crippen molar-refractivity contribution in [3.63, 3.8) is 0 Å². The van der Waals surface area contributed by atoms with Crippen molar-refractivity contribution < 1.29 is 9.15 Å². The summed E-state index contributed by atoms with van der Waals surface area (Å²) in [5.74, 6) is 2.71. The molecule has 0 aliphatic heterocycles. The number of benzene rings is 1. The number of aromatic nitrogens is 3. The minimum Gasteiger partial charge on any atom is -0.494 e. The van der Waals surface area contributed by atoms with Crippen LogP contribution in [-0.4, -0.2) is 21.6 Å². The van der Waals surface area contributed by atoms with Gasteiger partial charge in [0.15, 0.2) is 5.16 Å². The van der Waals surface area contributed by atoms with Crippen molar-refractivity contribution in [2.24, 2.45) is 0 Å². The maximum Gasteiger partial charge on any atom is 0.251 e. The molecule has 0 aliphatic rings. The highest BCUT2D eigenvalue weighted by Gasteiger charge is 2.12. The van der Waals surface area contributed by atoms with Gasteiger partial charge in [0.05, 0.1) is 12.3 Å². The van der Waals surface area contributed by atoms with Gasteiger partial charge in [0.2, 0.25) is 5.89 Å². The molecule has 0 radical (unpaired) electrons. The lowest BCUT2D eigenvalue weighted by Gasteiger charge is -2.02. The average Bonchev–Trinajstić information content (AvgIpc) is 2.94. The van der Waals surface area contributed by atoms with E-state index < -0.39 is 0 Å². The maximum absolute atomic E-state index is 11.5. The fourth-order valence-electron chi connectivity index (χ4n) is 2.30. The number of aryl methyl sites for hydroxylation is 2. The Bertz CT molecular complexity index is 916. The Morgan fingerprint density at radius 3 is 2.64 bits per heavy atom. The predicted octanol–water partition coefficient (Wildman–Crippen LogP) is 3.73. The van der Waals surface area contributed by atoms with Crippen LogP contribution in [0.1, 0.15) is 24.1 Å². The monoisotopic (exact) mass is 357 g/mol. The first-order chi connectivity index (χ1) is 12.0. The number of ether oxygens (including phenoxy) is 1. The van der Waals surface area contributed by atoms with Crippen LogP contribution in [0.5, 0.6) is 5.75 Å². The molecular formula is C18H19N3O3S. The van der Waals surface area contributed by atoms with E-state index in [1.165, 1.54) is 17.8 Å². The Hall–Kier alpha value is -2.54. The van der Waals surface area contributed by atoms with Gasteiger partial charge >= 0.3 is 0 Å². The zero-order chi connectivity index (χ0) is 17.8. The fraction of sp³-hybridized carbons (Fsp3) is 0.278. The number of hydrogen-bond donors (Lipinski definition) is 1. The second-order valence-electron chi connectivity index (χ2n) is 5.46. The Labute approximate surface area is 149 Å². The van der Waals surface area contributed by atoms with Crippen LogP contribution in [-0.2, 0) is 5.75 Å². The van der Waals surface area contributed by atoms with Crippen LogP contribution in [0.15, 0.2) is 44.7 Å². The quantitative estimate of drug-likeness (QED) is 0.535. The zero-order valence-electron chi connectivity index (χ0n) is 14.3. The topological polar surface area (TPSA) is 81.0 Å². The minimum absolute atomic E-state index is 0.151. The predicted molar refractivity (Wildman–Crippen MR) is 97.0 cm³/mol. The van der Waals surface area contributed by atoms with Gasteiger partial charge in [0.25, 0.3) is 5.56 Å². The summed E-state index contributed by atoms with van der Waals surface area (Å²) in [6.45, 7) is 6.26. The number of thioether (sulfide) groups is 1. The standard InChI is InChI=1S/C18H19N3O3S/c1-4-23-14-7-5-13(6-8-14)17-20-15(12(3)24-17)10-25-18-19-11(2)9-16(22)21-18/h5-9H,4,10H2,1-3H3,(H,19,21,22). The third kappa shape index (κ3) is 4.30. The molecule has 0 amide bonds. The van der Waals surface area contributed by atoms with Gasteiger partial charge in [-0.15, -0.1) is 0 Å². The molecule has 130 valence electrons. The molecule has 0 saturated heterocycles. The molecule has 0 unspecified atom stereocenters. The van der Waals surface area contributed by atoms with E-state index in [2.05, 4.69) is 15.0 Å². The van der Waals surface area contributed by atoms with Gasteiger partial charge in [-0.05, 0) is 45.0 Å². The Kier molecular flexibility index (Phi) is 5.23. The SMILES string of the molecule is CCOc1ccc(-c2nc(CSc3nc(C)cc(=O)[nH]3)c(C)o2)cc1. The van der Waals surface area contributed by atoms with Crippen molar-refractivity contribution in [3.05, 3.63) is 57.8 Å². The highest BCUT2D eigenvalue weighted by Crippen LogP contribution is 2.27. The number of aromatic amines is 1. The lowest BCUT2D eigenvalue weighted by atomic mass is 10.2.